The first-order valence-electron chi connectivity index (χ1n) is 6.30. The second kappa shape index (κ2) is 7.39. The number of ether oxygens (including phenoxy) is 1. The zero-order valence-corrected chi connectivity index (χ0v) is 12.2. The van der Waals surface area contributed by atoms with Crippen LogP contribution in [-0.4, -0.2) is 33.6 Å². The van der Waals surface area contributed by atoms with Gasteiger partial charge in [0.1, 0.15) is 6.54 Å². The molecule has 0 atom stereocenters. The molecule has 2 aromatic heterocycles. The standard InChI is InChI=1S/C12H15N5O3S/c1-2-20-12(19)14-10-7-17(16-15-10)8-11(18)13-6-9-4-3-5-21-9/h3-5,7H,2,6,8H2,1H3,(H,13,18)(H,14,19). The average molecular weight is 309 g/mol. The van der Waals surface area contributed by atoms with Crippen molar-refractivity contribution in [2.75, 3.05) is 11.9 Å². The van der Waals surface area contributed by atoms with Crippen molar-refractivity contribution in [2.24, 2.45) is 0 Å². The molecule has 0 unspecified atom stereocenters. The van der Waals surface area contributed by atoms with Gasteiger partial charge in [0.15, 0.2) is 5.82 Å². The summed E-state index contributed by atoms with van der Waals surface area (Å²) in [6, 6.07) is 3.87. The van der Waals surface area contributed by atoms with E-state index in [-0.39, 0.29) is 24.9 Å². The molecule has 2 N–H and O–H groups in total. The second-order valence-electron chi connectivity index (χ2n) is 4.00. The quantitative estimate of drug-likeness (QED) is 0.836. The Hall–Kier alpha value is -2.42. The maximum absolute atomic E-state index is 11.7. The van der Waals surface area contributed by atoms with E-state index in [0.29, 0.717) is 6.54 Å². The number of carbonyl (C=O) groups is 2. The Balaban J connectivity index is 1.78. The minimum Gasteiger partial charge on any atom is -0.450 e. The molecular weight excluding hydrogens is 294 g/mol. The fraction of sp³-hybridized carbons (Fsp3) is 0.333. The summed E-state index contributed by atoms with van der Waals surface area (Å²) in [4.78, 5) is 24.0. The van der Waals surface area contributed by atoms with E-state index in [2.05, 4.69) is 20.9 Å². The normalized spacial score (nSPS) is 10.1. The summed E-state index contributed by atoms with van der Waals surface area (Å²) >= 11 is 1.58. The molecule has 0 aromatic carbocycles. The Bertz CT molecular complexity index is 596. The molecule has 2 rings (SSSR count). The van der Waals surface area contributed by atoms with Crippen LogP contribution >= 0.6 is 11.3 Å². The van der Waals surface area contributed by atoms with Crippen LogP contribution in [0.1, 0.15) is 11.8 Å². The molecule has 0 aliphatic carbocycles. The Morgan fingerprint density at radius 1 is 1.48 bits per heavy atom. The van der Waals surface area contributed by atoms with Gasteiger partial charge in [0.25, 0.3) is 0 Å². The van der Waals surface area contributed by atoms with Crippen molar-refractivity contribution in [1.29, 1.82) is 0 Å². The summed E-state index contributed by atoms with van der Waals surface area (Å²) in [7, 11) is 0. The first kappa shape index (κ1) is 15.0. The number of nitrogens with one attached hydrogen (secondary N) is 2. The lowest BCUT2D eigenvalue weighted by Gasteiger charge is -2.03. The third-order valence-electron chi connectivity index (χ3n) is 2.39. The lowest BCUT2D eigenvalue weighted by molar-refractivity contribution is -0.122. The third-order valence-corrected chi connectivity index (χ3v) is 3.27. The molecule has 2 amide bonds. The summed E-state index contributed by atoms with van der Waals surface area (Å²) in [5.41, 5.74) is 0. The molecule has 21 heavy (non-hydrogen) atoms. The van der Waals surface area contributed by atoms with Crippen molar-refractivity contribution >= 4 is 29.2 Å². The van der Waals surface area contributed by atoms with Gasteiger partial charge in [0.05, 0.1) is 19.3 Å². The number of nitrogens with zero attached hydrogens (tertiary/aromatic N) is 3. The summed E-state index contributed by atoms with van der Waals surface area (Å²) in [5.74, 6) is 0.0514. The Labute approximate surface area is 125 Å². The minimum atomic E-state index is -0.605. The fourth-order valence-electron chi connectivity index (χ4n) is 1.51. The fourth-order valence-corrected chi connectivity index (χ4v) is 2.15. The zero-order chi connectivity index (χ0) is 15.1. The third kappa shape index (κ3) is 4.88. The van der Waals surface area contributed by atoms with E-state index in [9.17, 15) is 9.59 Å². The van der Waals surface area contributed by atoms with Crippen molar-refractivity contribution in [3.63, 3.8) is 0 Å². The highest BCUT2D eigenvalue weighted by Gasteiger charge is 2.08. The van der Waals surface area contributed by atoms with Crippen LogP contribution in [0, 0.1) is 0 Å². The lowest BCUT2D eigenvalue weighted by Crippen LogP contribution is -2.27. The van der Waals surface area contributed by atoms with Crippen LogP contribution in [-0.2, 0) is 22.6 Å². The van der Waals surface area contributed by atoms with Gasteiger partial charge in [-0.3, -0.25) is 10.1 Å². The van der Waals surface area contributed by atoms with Gasteiger partial charge in [-0.1, -0.05) is 11.3 Å². The maximum Gasteiger partial charge on any atom is 0.412 e. The van der Waals surface area contributed by atoms with Crippen molar-refractivity contribution < 1.29 is 14.3 Å². The van der Waals surface area contributed by atoms with E-state index in [1.165, 1.54) is 10.9 Å². The molecule has 0 aliphatic heterocycles. The van der Waals surface area contributed by atoms with Crippen LogP contribution in [0.15, 0.2) is 23.7 Å². The lowest BCUT2D eigenvalue weighted by atomic mass is 10.4. The number of aromatic nitrogens is 3. The van der Waals surface area contributed by atoms with Crippen molar-refractivity contribution in [2.45, 2.75) is 20.0 Å². The highest BCUT2D eigenvalue weighted by molar-refractivity contribution is 7.09. The van der Waals surface area contributed by atoms with Crippen molar-refractivity contribution in [1.82, 2.24) is 20.3 Å². The SMILES string of the molecule is CCOC(=O)Nc1cn(CC(=O)NCc2cccs2)nn1. The summed E-state index contributed by atoms with van der Waals surface area (Å²) < 4.78 is 6.05. The van der Waals surface area contributed by atoms with Crippen molar-refractivity contribution in [3.8, 4) is 0 Å². The van der Waals surface area contributed by atoms with Gasteiger partial charge in [0, 0.05) is 4.88 Å². The summed E-state index contributed by atoms with van der Waals surface area (Å²) in [6.45, 7) is 2.49. The van der Waals surface area contributed by atoms with Crippen LogP contribution in [0.3, 0.4) is 0 Å². The van der Waals surface area contributed by atoms with E-state index in [1.54, 1.807) is 18.3 Å². The van der Waals surface area contributed by atoms with Gasteiger partial charge >= 0.3 is 6.09 Å². The molecule has 0 saturated heterocycles. The molecule has 2 aromatic rings. The maximum atomic E-state index is 11.7. The first-order valence-corrected chi connectivity index (χ1v) is 7.18. The number of rotatable bonds is 6. The van der Waals surface area contributed by atoms with Crippen LogP contribution < -0.4 is 10.6 Å². The van der Waals surface area contributed by atoms with Crippen molar-refractivity contribution in [3.05, 3.63) is 28.6 Å². The van der Waals surface area contributed by atoms with Gasteiger partial charge in [-0.05, 0) is 18.4 Å². The molecule has 8 nitrogen and oxygen atoms in total. The number of carbonyl (C=O) groups excluding carboxylic acids is 2. The molecule has 9 heteroatoms. The Morgan fingerprint density at radius 2 is 2.33 bits per heavy atom. The van der Waals surface area contributed by atoms with Crippen LogP contribution in [0.2, 0.25) is 0 Å². The highest BCUT2D eigenvalue weighted by Crippen LogP contribution is 2.07. The predicted octanol–water partition coefficient (Wildman–Crippen LogP) is 1.22. The summed E-state index contributed by atoms with van der Waals surface area (Å²) in [6.07, 6.45) is 0.855. The van der Waals surface area contributed by atoms with Crippen LogP contribution in [0.5, 0.6) is 0 Å². The molecular formula is C12H15N5O3S. The second-order valence-corrected chi connectivity index (χ2v) is 5.04. The Kier molecular flexibility index (Phi) is 5.27. The highest BCUT2D eigenvalue weighted by atomic mass is 32.1. The van der Waals surface area contributed by atoms with Gasteiger partial charge in [-0.15, -0.1) is 16.4 Å². The number of anilines is 1. The molecule has 0 bridgehead atoms. The Morgan fingerprint density at radius 3 is 3.05 bits per heavy atom. The van der Waals surface area contributed by atoms with Gasteiger partial charge in [-0.25, -0.2) is 9.48 Å². The molecule has 0 spiro atoms. The minimum absolute atomic E-state index is 0.0306. The van der Waals surface area contributed by atoms with Gasteiger partial charge in [-0.2, -0.15) is 0 Å². The van der Waals surface area contributed by atoms with E-state index in [4.69, 9.17) is 4.74 Å². The molecule has 0 aliphatic rings. The molecule has 112 valence electrons. The van der Waals surface area contributed by atoms with E-state index < -0.39 is 6.09 Å². The molecule has 0 radical (unpaired) electrons. The largest absolute Gasteiger partial charge is 0.450 e. The average Bonchev–Trinajstić information content (AvgIpc) is 3.08. The predicted molar refractivity (Wildman–Crippen MR) is 76.8 cm³/mol. The smallest absolute Gasteiger partial charge is 0.412 e. The number of thiophene rings is 1. The van der Waals surface area contributed by atoms with E-state index in [1.807, 2.05) is 17.5 Å². The number of hydrogen-bond acceptors (Lipinski definition) is 6. The molecule has 0 fully saturated rings. The van der Waals surface area contributed by atoms with E-state index in [0.717, 1.165) is 4.88 Å². The first-order chi connectivity index (χ1) is 10.2. The summed E-state index contributed by atoms with van der Waals surface area (Å²) in [5, 5.41) is 14.6. The van der Waals surface area contributed by atoms with Gasteiger partial charge < -0.3 is 10.1 Å². The number of hydrogen-bond donors (Lipinski definition) is 2. The molecule has 2 heterocycles. The van der Waals surface area contributed by atoms with E-state index >= 15 is 0 Å². The monoisotopic (exact) mass is 309 g/mol. The topological polar surface area (TPSA) is 98.1 Å². The van der Waals surface area contributed by atoms with Crippen LogP contribution in [0.4, 0.5) is 10.6 Å². The number of amides is 2. The molecule has 0 saturated carbocycles. The van der Waals surface area contributed by atoms with Crippen LogP contribution in [0.25, 0.3) is 0 Å². The zero-order valence-electron chi connectivity index (χ0n) is 11.4. The van der Waals surface area contributed by atoms with Gasteiger partial charge in [0.2, 0.25) is 5.91 Å².